The Kier molecular flexibility index (Phi) is 6.65. The molecule has 2 N–H and O–H groups in total. The first-order chi connectivity index (χ1) is 9.91. The highest BCUT2D eigenvalue weighted by atomic mass is 19.1. The minimum atomic E-state index is -0.936. The normalized spacial score (nSPS) is 11.8. The number of halogens is 1. The van der Waals surface area contributed by atoms with Gasteiger partial charge in [0.2, 0.25) is 0 Å². The van der Waals surface area contributed by atoms with Gasteiger partial charge in [0.15, 0.2) is 0 Å². The third-order valence-electron chi connectivity index (χ3n) is 3.17. The van der Waals surface area contributed by atoms with Crippen LogP contribution < -0.4 is 5.32 Å². The van der Waals surface area contributed by atoms with Crippen molar-refractivity contribution in [1.29, 1.82) is 0 Å². The quantitative estimate of drug-likeness (QED) is 0.757. The Bertz CT molecular complexity index is 494. The van der Waals surface area contributed by atoms with Gasteiger partial charge in [0.05, 0.1) is 5.92 Å². The van der Waals surface area contributed by atoms with Gasteiger partial charge < -0.3 is 15.3 Å². The lowest BCUT2D eigenvalue weighted by Crippen LogP contribution is -2.41. The molecule has 0 aliphatic heterocycles. The van der Waals surface area contributed by atoms with Crippen molar-refractivity contribution >= 4 is 12.0 Å². The number of amides is 2. The van der Waals surface area contributed by atoms with Crippen molar-refractivity contribution in [2.75, 3.05) is 20.1 Å². The Hall–Kier alpha value is -2.11. The highest BCUT2D eigenvalue weighted by molar-refractivity contribution is 5.75. The van der Waals surface area contributed by atoms with Gasteiger partial charge in [-0.2, -0.15) is 0 Å². The van der Waals surface area contributed by atoms with Gasteiger partial charge in [-0.15, -0.1) is 0 Å². The second-order valence-corrected chi connectivity index (χ2v) is 5.05. The van der Waals surface area contributed by atoms with Gasteiger partial charge in [-0.1, -0.05) is 25.1 Å². The van der Waals surface area contributed by atoms with E-state index in [0.717, 1.165) is 0 Å². The van der Waals surface area contributed by atoms with E-state index in [1.807, 2.05) is 0 Å². The summed E-state index contributed by atoms with van der Waals surface area (Å²) in [6.45, 7) is 2.11. The number of hydrogen-bond acceptors (Lipinski definition) is 2. The monoisotopic (exact) mass is 296 g/mol. The number of aryl methyl sites for hydroxylation is 1. The van der Waals surface area contributed by atoms with E-state index in [9.17, 15) is 14.0 Å². The summed E-state index contributed by atoms with van der Waals surface area (Å²) in [4.78, 5) is 23.8. The number of urea groups is 1. The third kappa shape index (κ3) is 5.81. The standard InChI is InChI=1S/C15H21FN2O3/c1-11(14(19)20)10-18(2)15(21)17-9-5-7-12-6-3-4-8-13(12)16/h3-4,6,8,11H,5,7,9-10H2,1-2H3,(H,17,21)(H,19,20). The fraction of sp³-hybridized carbons (Fsp3) is 0.467. The average molecular weight is 296 g/mol. The second-order valence-electron chi connectivity index (χ2n) is 5.05. The first-order valence-electron chi connectivity index (χ1n) is 6.87. The molecule has 0 spiro atoms. The Morgan fingerprint density at radius 2 is 2.05 bits per heavy atom. The lowest BCUT2D eigenvalue weighted by Gasteiger charge is -2.20. The molecule has 116 valence electrons. The molecule has 1 aromatic rings. The summed E-state index contributed by atoms with van der Waals surface area (Å²) in [5.41, 5.74) is 0.625. The average Bonchev–Trinajstić information content (AvgIpc) is 2.44. The number of benzene rings is 1. The maximum atomic E-state index is 13.4. The van der Waals surface area contributed by atoms with E-state index in [1.165, 1.54) is 11.0 Å². The van der Waals surface area contributed by atoms with Crippen LogP contribution in [0.15, 0.2) is 24.3 Å². The zero-order valence-corrected chi connectivity index (χ0v) is 12.3. The highest BCUT2D eigenvalue weighted by Gasteiger charge is 2.16. The van der Waals surface area contributed by atoms with Crippen molar-refractivity contribution in [1.82, 2.24) is 10.2 Å². The lowest BCUT2D eigenvalue weighted by molar-refractivity contribution is -0.141. The van der Waals surface area contributed by atoms with Crippen LogP contribution in [0.25, 0.3) is 0 Å². The van der Waals surface area contributed by atoms with Crippen LogP contribution in [-0.4, -0.2) is 42.1 Å². The molecule has 1 rings (SSSR count). The van der Waals surface area contributed by atoms with E-state index < -0.39 is 11.9 Å². The number of carbonyl (C=O) groups is 2. The fourth-order valence-electron chi connectivity index (χ4n) is 1.88. The first-order valence-corrected chi connectivity index (χ1v) is 6.87. The molecular weight excluding hydrogens is 275 g/mol. The van der Waals surface area contributed by atoms with Crippen LogP contribution in [-0.2, 0) is 11.2 Å². The largest absolute Gasteiger partial charge is 0.481 e. The zero-order chi connectivity index (χ0) is 15.8. The Labute approximate surface area is 123 Å². The molecule has 6 heteroatoms. The van der Waals surface area contributed by atoms with Crippen molar-refractivity contribution < 1.29 is 19.1 Å². The van der Waals surface area contributed by atoms with Crippen LogP contribution >= 0.6 is 0 Å². The van der Waals surface area contributed by atoms with Crippen LogP contribution in [0.5, 0.6) is 0 Å². The molecule has 5 nitrogen and oxygen atoms in total. The van der Waals surface area contributed by atoms with E-state index in [1.54, 1.807) is 32.2 Å². The lowest BCUT2D eigenvalue weighted by atomic mass is 10.1. The molecule has 0 aliphatic carbocycles. The summed E-state index contributed by atoms with van der Waals surface area (Å²) >= 11 is 0. The topological polar surface area (TPSA) is 69.6 Å². The number of nitrogens with zero attached hydrogens (tertiary/aromatic N) is 1. The van der Waals surface area contributed by atoms with Crippen molar-refractivity contribution in [3.05, 3.63) is 35.6 Å². The van der Waals surface area contributed by atoms with Gasteiger partial charge in [-0.3, -0.25) is 4.79 Å². The summed E-state index contributed by atoms with van der Waals surface area (Å²) in [6.07, 6.45) is 1.16. The molecular formula is C15H21FN2O3. The minimum Gasteiger partial charge on any atom is -0.481 e. The van der Waals surface area contributed by atoms with Gasteiger partial charge in [-0.25, -0.2) is 9.18 Å². The van der Waals surface area contributed by atoms with Gasteiger partial charge in [-0.05, 0) is 24.5 Å². The smallest absolute Gasteiger partial charge is 0.317 e. The fourth-order valence-corrected chi connectivity index (χ4v) is 1.88. The number of rotatable bonds is 7. The van der Waals surface area contributed by atoms with Crippen LogP contribution in [0.1, 0.15) is 18.9 Å². The van der Waals surface area contributed by atoms with E-state index in [0.29, 0.717) is 24.9 Å². The highest BCUT2D eigenvalue weighted by Crippen LogP contribution is 2.08. The van der Waals surface area contributed by atoms with Crippen LogP contribution in [0.4, 0.5) is 9.18 Å². The molecule has 0 radical (unpaired) electrons. The molecule has 0 saturated heterocycles. The number of carboxylic acids is 1. The van der Waals surface area contributed by atoms with Gasteiger partial charge in [0, 0.05) is 20.1 Å². The van der Waals surface area contributed by atoms with Crippen LogP contribution in [0.2, 0.25) is 0 Å². The number of hydrogen-bond donors (Lipinski definition) is 2. The maximum Gasteiger partial charge on any atom is 0.317 e. The molecule has 0 heterocycles. The van der Waals surface area contributed by atoms with Gasteiger partial charge >= 0.3 is 12.0 Å². The molecule has 0 bridgehead atoms. The summed E-state index contributed by atoms with van der Waals surface area (Å²) in [7, 11) is 1.55. The number of carbonyl (C=O) groups excluding carboxylic acids is 1. The molecule has 0 saturated carbocycles. The van der Waals surface area contributed by atoms with Crippen molar-refractivity contribution in [2.24, 2.45) is 5.92 Å². The van der Waals surface area contributed by atoms with Crippen molar-refractivity contribution in [3.63, 3.8) is 0 Å². The van der Waals surface area contributed by atoms with Gasteiger partial charge in [0.25, 0.3) is 0 Å². The molecule has 21 heavy (non-hydrogen) atoms. The summed E-state index contributed by atoms with van der Waals surface area (Å²) < 4.78 is 13.4. The predicted octanol–water partition coefficient (Wildman–Crippen LogP) is 2.12. The molecule has 1 aromatic carbocycles. The van der Waals surface area contributed by atoms with Crippen LogP contribution in [0, 0.1) is 11.7 Å². The van der Waals surface area contributed by atoms with Crippen molar-refractivity contribution in [3.8, 4) is 0 Å². The Balaban J connectivity index is 2.27. The van der Waals surface area contributed by atoms with Crippen LogP contribution in [0.3, 0.4) is 0 Å². The molecule has 0 aliphatic rings. The van der Waals surface area contributed by atoms with E-state index in [4.69, 9.17) is 5.11 Å². The van der Waals surface area contributed by atoms with E-state index in [-0.39, 0.29) is 18.4 Å². The summed E-state index contributed by atoms with van der Waals surface area (Å²) in [5.74, 6) is -1.79. The molecule has 0 aromatic heterocycles. The Morgan fingerprint density at radius 3 is 2.67 bits per heavy atom. The third-order valence-corrected chi connectivity index (χ3v) is 3.17. The zero-order valence-electron chi connectivity index (χ0n) is 12.3. The minimum absolute atomic E-state index is 0.147. The van der Waals surface area contributed by atoms with Gasteiger partial charge in [0.1, 0.15) is 5.82 Å². The van der Waals surface area contributed by atoms with E-state index in [2.05, 4.69) is 5.32 Å². The predicted molar refractivity (Wildman–Crippen MR) is 77.5 cm³/mol. The molecule has 2 amide bonds. The number of carboxylic acid groups (broad SMARTS) is 1. The number of nitrogens with one attached hydrogen (secondary N) is 1. The summed E-state index contributed by atoms with van der Waals surface area (Å²) in [6, 6.07) is 6.22. The Morgan fingerprint density at radius 1 is 1.38 bits per heavy atom. The second kappa shape index (κ2) is 8.24. The van der Waals surface area contributed by atoms with E-state index >= 15 is 0 Å². The number of aliphatic carboxylic acids is 1. The maximum absolute atomic E-state index is 13.4. The SMILES string of the molecule is CC(CN(C)C(=O)NCCCc1ccccc1F)C(=O)O. The molecule has 0 fully saturated rings. The summed E-state index contributed by atoms with van der Waals surface area (Å²) in [5, 5.41) is 11.5. The molecule has 1 atom stereocenters. The molecule has 1 unspecified atom stereocenters. The van der Waals surface area contributed by atoms with Crippen molar-refractivity contribution in [2.45, 2.75) is 19.8 Å². The first kappa shape index (κ1) is 16.9.